The lowest BCUT2D eigenvalue weighted by Crippen LogP contribution is -2.30. The van der Waals surface area contributed by atoms with E-state index >= 15 is 0 Å². The first kappa shape index (κ1) is 63.4. The van der Waals surface area contributed by atoms with Crippen molar-refractivity contribution >= 4 is 17.9 Å². The maximum absolute atomic E-state index is 12.8. The molecule has 1 atom stereocenters. The molecule has 0 bridgehead atoms. The summed E-state index contributed by atoms with van der Waals surface area (Å²) in [4.78, 5) is 38.1. The first-order valence-corrected chi connectivity index (χ1v) is 29.2. The highest BCUT2D eigenvalue weighted by molar-refractivity contribution is 5.71. The SMILES string of the molecule is CCCCCCCCCCCCCCCCCCCCC(=O)OC[C@H](COC(=O)CCCCCCCCCCCCCCCC(C)C)OC(=O)CCCCCCCCCCCCC(C)C. The van der Waals surface area contributed by atoms with E-state index in [1.165, 1.54) is 218 Å². The molecule has 0 saturated carbocycles. The summed E-state index contributed by atoms with van der Waals surface area (Å²) in [5.41, 5.74) is 0. The van der Waals surface area contributed by atoms with E-state index in [1.54, 1.807) is 0 Å². The lowest BCUT2D eigenvalue weighted by Gasteiger charge is -2.18. The van der Waals surface area contributed by atoms with Crippen LogP contribution < -0.4 is 0 Å². The molecule has 0 radical (unpaired) electrons. The zero-order valence-corrected chi connectivity index (χ0v) is 44.6. The Morgan fingerprint density at radius 1 is 0.292 bits per heavy atom. The van der Waals surface area contributed by atoms with Crippen LogP contribution in [0.3, 0.4) is 0 Å². The van der Waals surface area contributed by atoms with Crippen LogP contribution in [0.1, 0.15) is 330 Å². The van der Waals surface area contributed by atoms with Crippen molar-refractivity contribution in [3.05, 3.63) is 0 Å². The number of ether oxygens (including phenoxy) is 3. The molecule has 6 nitrogen and oxygen atoms in total. The Hall–Kier alpha value is -1.59. The molecule has 0 spiro atoms. The average molecular weight is 920 g/mol. The fraction of sp³-hybridized carbons (Fsp3) is 0.949. The van der Waals surface area contributed by atoms with Gasteiger partial charge >= 0.3 is 17.9 Å². The molecule has 386 valence electrons. The lowest BCUT2D eigenvalue weighted by molar-refractivity contribution is -0.167. The zero-order valence-electron chi connectivity index (χ0n) is 44.6. The van der Waals surface area contributed by atoms with E-state index in [0.29, 0.717) is 19.3 Å². The van der Waals surface area contributed by atoms with Gasteiger partial charge in [-0.05, 0) is 31.1 Å². The number of hydrogen-bond donors (Lipinski definition) is 0. The third kappa shape index (κ3) is 53.2. The van der Waals surface area contributed by atoms with Crippen molar-refractivity contribution < 1.29 is 28.6 Å². The fourth-order valence-corrected chi connectivity index (χ4v) is 9.05. The second-order valence-electron chi connectivity index (χ2n) is 21.2. The Morgan fingerprint density at radius 3 is 0.754 bits per heavy atom. The number of esters is 3. The van der Waals surface area contributed by atoms with Crippen LogP contribution in [0.4, 0.5) is 0 Å². The molecule has 0 aromatic carbocycles. The van der Waals surface area contributed by atoms with Crippen molar-refractivity contribution in [1.82, 2.24) is 0 Å². The summed E-state index contributed by atoms with van der Waals surface area (Å²) in [5, 5.41) is 0. The van der Waals surface area contributed by atoms with Crippen molar-refractivity contribution in [2.45, 2.75) is 336 Å². The largest absolute Gasteiger partial charge is 0.462 e. The summed E-state index contributed by atoms with van der Waals surface area (Å²) < 4.78 is 16.9. The maximum atomic E-state index is 12.8. The van der Waals surface area contributed by atoms with Gasteiger partial charge in [-0.3, -0.25) is 14.4 Å². The molecule has 0 N–H and O–H groups in total. The van der Waals surface area contributed by atoms with Gasteiger partial charge in [0.05, 0.1) is 0 Å². The van der Waals surface area contributed by atoms with Crippen LogP contribution in [0.25, 0.3) is 0 Å². The molecule has 0 heterocycles. The standard InChI is InChI=1S/C59H114O6/c1-6-7-8-9-10-11-12-13-14-15-16-17-20-23-29-34-39-44-49-57(60)63-52-56(65-59(62)51-46-41-36-31-26-25-28-33-38-43-48-55(4)5)53-64-58(61)50-45-40-35-30-24-21-18-19-22-27-32-37-42-47-54(2)3/h54-56H,6-53H2,1-5H3/t56-/m1/s1. The van der Waals surface area contributed by atoms with E-state index in [1.807, 2.05) is 0 Å². The molecule has 0 fully saturated rings. The van der Waals surface area contributed by atoms with E-state index < -0.39 is 6.10 Å². The minimum Gasteiger partial charge on any atom is -0.462 e. The molecule has 0 aliphatic rings. The first-order valence-electron chi connectivity index (χ1n) is 29.2. The minimum atomic E-state index is -0.763. The molecular weight excluding hydrogens is 805 g/mol. The van der Waals surface area contributed by atoms with Crippen molar-refractivity contribution in [3.63, 3.8) is 0 Å². The van der Waals surface area contributed by atoms with Crippen LogP contribution >= 0.6 is 0 Å². The summed E-state index contributed by atoms with van der Waals surface area (Å²) in [5.74, 6) is 0.816. The maximum Gasteiger partial charge on any atom is 0.306 e. The highest BCUT2D eigenvalue weighted by Gasteiger charge is 2.19. The average Bonchev–Trinajstić information content (AvgIpc) is 3.28. The highest BCUT2D eigenvalue weighted by Crippen LogP contribution is 2.18. The summed E-state index contributed by atoms with van der Waals surface area (Å²) in [6, 6.07) is 0. The molecule has 0 unspecified atom stereocenters. The Balaban J connectivity index is 4.27. The van der Waals surface area contributed by atoms with E-state index in [-0.39, 0.29) is 31.1 Å². The molecule has 0 aromatic rings. The molecular formula is C59H114O6. The van der Waals surface area contributed by atoms with Gasteiger partial charge in [0.25, 0.3) is 0 Å². The van der Waals surface area contributed by atoms with E-state index in [2.05, 4.69) is 34.6 Å². The normalized spacial score (nSPS) is 12.0. The summed E-state index contributed by atoms with van der Waals surface area (Å²) in [7, 11) is 0. The van der Waals surface area contributed by atoms with Crippen molar-refractivity contribution in [2.24, 2.45) is 11.8 Å². The highest BCUT2D eigenvalue weighted by atomic mass is 16.6. The third-order valence-electron chi connectivity index (χ3n) is 13.5. The molecule has 0 aromatic heterocycles. The van der Waals surface area contributed by atoms with Gasteiger partial charge in [0.2, 0.25) is 0 Å². The number of rotatable bonds is 53. The number of carbonyl (C=O) groups excluding carboxylic acids is 3. The van der Waals surface area contributed by atoms with Gasteiger partial charge in [0.1, 0.15) is 13.2 Å². The molecule has 0 saturated heterocycles. The van der Waals surface area contributed by atoms with Crippen molar-refractivity contribution in [1.29, 1.82) is 0 Å². The Kier molecular flexibility index (Phi) is 50.5. The van der Waals surface area contributed by atoms with Gasteiger partial charge in [-0.15, -0.1) is 0 Å². The molecule has 65 heavy (non-hydrogen) atoms. The monoisotopic (exact) mass is 919 g/mol. The van der Waals surface area contributed by atoms with E-state index in [9.17, 15) is 14.4 Å². The quantitative estimate of drug-likeness (QED) is 0.0344. The van der Waals surface area contributed by atoms with Gasteiger partial charge in [0, 0.05) is 19.3 Å². The second-order valence-corrected chi connectivity index (χ2v) is 21.2. The predicted molar refractivity (Wildman–Crippen MR) is 280 cm³/mol. The van der Waals surface area contributed by atoms with Crippen LogP contribution in [0.5, 0.6) is 0 Å². The minimum absolute atomic E-state index is 0.0628. The van der Waals surface area contributed by atoms with Crippen molar-refractivity contribution in [2.75, 3.05) is 13.2 Å². The number of carbonyl (C=O) groups is 3. The molecule has 0 amide bonds. The Morgan fingerprint density at radius 2 is 0.508 bits per heavy atom. The topological polar surface area (TPSA) is 78.9 Å². The van der Waals surface area contributed by atoms with Crippen LogP contribution in [0.15, 0.2) is 0 Å². The Labute approximate surface area is 406 Å². The molecule has 0 aliphatic carbocycles. The molecule has 0 rings (SSSR count). The van der Waals surface area contributed by atoms with Crippen LogP contribution in [0, 0.1) is 11.8 Å². The van der Waals surface area contributed by atoms with Gasteiger partial charge < -0.3 is 14.2 Å². The van der Waals surface area contributed by atoms with Crippen LogP contribution in [-0.4, -0.2) is 37.2 Å². The van der Waals surface area contributed by atoms with Crippen LogP contribution in [0.2, 0.25) is 0 Å². The molecule has 6 heteroatoms. The smallest absolute Gasteiger partial charge is 0.306 e. The third-order valence-corrected chi connectivity index (χ3v) is 13.5. The summed E-state index contributed by atoms with van der Waals surface area (Å²) in [6.45, 7) is 11.4. The lowest BCUT2D eigenvalue weighted by atomic mass is 10.0. The van der Waals surface area contributed by atoms with Gasteiger partial charge in [-0.25, -0.2) is 0 Å². The van der Waals surface area contributed by atoms with Gasteiger partial charge in [-0.1, -0.05) is 291 Å². The Bertz CT molecular complexity index is 993. The van der Waals surface area contributed by atoms with Crippen LogP contribution in [-0.2, 0) is 28.6 Å². The fourth-order valence-electron chi connectivity index (χ4n) is 9.05. The zero-order chi connectivity index (χ0) is 47.5. The summed E-state index contributed by atoms with van der Waals surface area (Å²) in [6.07, 6.45) is 55.2. The second kappa shape index (κ2) is 51.8. The van der Waals surface area contributed by atoms with Gasteiger partial charge in [0.15, 0.2) is 6.10 Å². The first-order chi connectivity index (χ1) is 31.7. The predicted octanol–water partition coefficient (Wildman–Crippen LogP) is 19.3. The number of hydrogen-bond acceptors (Lipinski definition) is 6. The summed E-state index contributed by atoms with van der Waals surface area (Å²) >= 11 is 0. The van der Waals surface area contributed by atoms with E-state index in [0.717, 1.165) is 69.6 Å². The van der Waals surface area contributed by atoms with Crippen molar-refractivity contribution in [3.8, 4) is 0 Å². The number of unbranched alkanes of at least 4 members (excludes halogenated alkanes) is 38. The van der Waals surface area contributed by atoms with E-state index in [4.69, 9.17) is 14.2 Å². The molecule has 0 aliphatic heterocycles. The van der Waals surface area contributed by atoms with Gasteiger partial charge in [-0.2, -0.15) is 0 Å².